The summed E-state index contributed by atoms with van der Waals surface area (Å²) < 4.78 is 13.4. The number of para-hydroxylation sites is 1. The molecule has 3 aromatic rings. The minimum Gasteiger partial charge on any atom is -0.491 e. The van der Waals surface area contributed by atoms with E-state index < -0.39 is 6.10 Å². The average Bonchev–Trinajstić information content (AvgIpc) is 3.26. The number of aromatic nitrogens is 1. The summed E-state index contributed by atoms with van der Waals surface area (Å²) in [5.41, 5.74) is 2.25. The highest BCUT2D eigenvalue weighted by atomic mass is 16.5. The van der Waals surface area contributed by atoms with Gasteiger partial charge < -0.3 is 18.8 Å². The van der Waals surface area contributed by atoms with E-state index >= 15 is 0 Å². The lowest BCUT2D eigenvalue weighted by Gasteiger charge is -2.24. The Bertz CT molecular complexity index is 795. The Labute approximate surface area is 154 Å². The van der Waals surface area contributed by atoms with Crippen LogP contribution in [0.2, 0.25) is 0 Å². The Morgan fingerprint density at radius 3 is 2.65 bits per heavy atom. The Morgan fingerprint density at radius 1 is 1.12 bits per heavy atom. The van der Waals surface area contributed by atoms with E-state index in [9.17, 15) is 5.11 Å². The Balaban J connectivity index is 1.60. The number of aliphatic hydroxyl groups is 1. The van der Waals surface area contributed by atoms with E-state index in [0.717, 1.165) is 23.6 Å². The fraction of sp³-hybridized carbons (Fsp3) is 0.333. The predicted molar refractivity (Wildman–Crippen MR) is 101 cm³/mol. The minimum atomic E-state index is -0.593. The van der Waals surface area contributed by atoms with Crippen LogP contribution in [0.4, 0.5) is 0 Å². The molecule has 138 valence electrons. The Morgan fingerprint density at radius 2 is 1.96 bits per heavy atom. The van der Waals surface area contributed by atoms with Crippen molar-refractivity contribution in [3.63, 3.8) is 0 Å². The van der Waals surface area contributed by atoms with Crippen LogP contribution in [0.5, 0.6) is 5.75 Å². The maximum Gasteiger partial charge on any atom is 0.122 e. The molecule has 0 fully saturated rings. The summed E-state index contributed by atoms with van der Waals surface area (Å²) in [5.74, 6) is 1.69. The normalized spacial score (nSPS) is 12.5. The molecule has 0 bridgehead atoms. The third kappa shape index (κ3) is 5.00. The molecule has 0 aliphatic rings. The van der Waals surface area contributed by atoms with Crippen molar-refractivity contribution in [3.05, 3.63) is 78.0 Å². The van der Waals surface area contributed by atoms with Gasteiger partial charge in [-0.25, -0.2) is 0 Å². The van der Waals surface area contributed by atoms with Gasteiger partial charge in [-0.2, -0.15) is 0 Å². The number of hydrogen-bond acceptors (Lipinski definition) is 4. The highest BCUT2D eigenvalue weighted by Crippen LogP contribution is 2.17. The van der Waals surface area contributed by atoms with Gasteiger partial charge in [0.05, 0.1) is 12.8 Å². The fourth-order valence-electron chi connectivity index (χ4n) is 2.95. The third-order valence-electron chi connectivity index (χ3n) is 4.39. The lowest BCUT2D eigenvalue weighted by atomic mass is 10.2. The molecular formula is C21H26N2O3. The molecule has 2 heterocycles. The van der Waals surface area contributed by atoms with Gasteiger partial charge in [0, 0.05) is 32.0 Å². The van der Waals surface area contributed by atoms with Gasteiger partial charge in [0.2, 0.25) is 0 Å². The zero-order chi connectivity index (χ0) is 18.4. The van der Waals surface area contributed by atoms with E-state index in [0.29, 0.717) is 13.1 Å². The zero-order valence-corrected chi connectivity index (χ0v) is 15.3. The van der Waals surface area contributed by atoms with Gasteiger partial charge in [-0.05, 0) is 42.8 Å². The number of benzene rings is 1. The number of furan rings is 1. The van der Waals surface area contributed by atoms with Crippen LogP contribution in [-0.4, -0.2) is 33.8 Å². The molecule has 0 saturated heterocycles. The van der Waals surface area contributed by atoms with E-state index in [1.165, 1.54) is 5.69 Å². The van der Waals surface area contributed by atoms with Crippen molar-refractivity contribution in [2.45, 2.75) is 26.1 Å². The van der Waals surface area contributed by atoms with Crippen molar-refractivity contribution in [1.82, 2.24) is 9.47 Å². The Hall–Kier alpha value is -2.50. The van der Waals surface area contributed by atoms with E-state index in [4.69, 9.17) is 9.15 Å². The summed E-state index contributed by atoms with van der Waals surface area (Å²) in [5, 5.41) is 10.5. The van der Waals surface area contributed by atoms with Crippen LogP contribution in [0, 0.1) is 6.92 Å². The predicted octanol–water partition coefficient (Wildman–Crippen LogP) is 3.37. The van der Waals surface area contributed by atoms with E-state index in [2.05, 4.69) is 15.5 Å². The monoisotopic (exact) mass is 354 g/mol. The summed E-state index contributed by atoms with van der Waals surface area (Å²) in [7, 11) is 2.03. The molecular weight excluding hydrogens is 328 g/mol. The minimum absolute atomic E-state index is 0.257. The lowest BCUT2D eigenvalue weighted by molar-refractivity contribution is 0.0595. The molecule has 1 unspecified atom stereocenters. The van der Waals surface area contributed by atoms with Gasteiger partial charge in [-0.1, -0.05) is 18.2 Å². The first-order chi connectivity index (χ1) is 12.6. The maximum atomic E-state index is 10.5. The van der Waals surface area contributed by atoms with Crippen LogP contribution >= 0.6 is 0 Å². The summed E-state index contributed by atoms with van der Waals surface area (Å²) in [6.45, 7) is 4.12. The molecule has 1 aromatic carbocycles. The van der Waals surface area contributed by atoms with Crippen molar-refractivity contribution in [2.75, 3.05) is 13.2 Å². The second-order valence-corrected chi connectivity index (χ2v) is 6.59. The lowest BCUT2D eigenvalue weighted by Crippen LogP contribution is -2.35. The molecule has 1 N–H and O–H groups in total. The number of aliphatic hydroxyl groups excluding tert-OH is 1. The molecule has 3 rings (SSSR count). The number of ether oxygens (including phenoxy) is 1. The van der Waals surface area contributed by atoms with Crippen LogP contribution in [0.25, 0.3) is 0 Å². The number of rotatable bonds is 9. The molecule has 5 nitrogen and oxygen atoms in total. The molecule has 5 heteroatoms. The molecule has 0 radical (unpaired) electrons. The summed E-state index contributed by atoms with van der Waals surface area (Å²) in [6.07, 6.45) is 3.11. The summed E-state index contributed by atoms with van der Waals surface area (Å²) >= 11 is 0. The van der Waals surface area contributed by atoms with Gasteiger partial charge in [0.25, 0.3) is 0 Å². The third-order valence-corrected chi connectivity index (χ3v) is 4.39. The Kier molecular flexibility index (Phi) is 6.15. The van der Waals surface area contributed by atoms with Crippen LogP contribution in [0.15, 0.2) is 65.4 Å². The quantitative estimate of drug-likeness (QED) is 0.640. The summed E-state index contributed by atoms with van der Waals surface area (Å²) in [4.78, 5) is 2.17. The molecule has 1 atom stereocenters. The second-order valence-electron chi connectivity index (χ2n) is 6.59. The largest absolute Gasteiger partial charge is 0.491 e. The van der Waals surface area contributed by atoms with Crippen molar-refractivity contribution in [1.29, 1.82) is 0 Å². The molecule has 2 aromatic heterocycles. The molecule has 0 saturated carbocycles. The van der Waals surface area contributed by atoms with Crippen molar-refractivity contribution in [3.8, 4) is 5.75 Å². The van der Waals surface area contributed by atoms with Gasteiger partial charge in [0.1, 0.15) is 24.2 Å². The highest BCUT2D eigenvalue weighted by molar-refractivity contribution is 5.31. The SMILES string of the molecule is Cc1ccccc1OCC(O)CN(Cc1ccco1)Cc1cccn1C. The first-order valence-electron chi connectivity index (χ1n) is 8.83. The molecule has 0 aliphatic heterocycles. The van der Waals surface area contributed by atoms with Crippen molar-refractivity contribution >= 4 is 0 Å². The van der Waals surface area contributed by atoms with Gasteiger partial charge >= 0.3 is 0 Å². The standard InChI is InChI=1S/C21H26N2O3/c1-17-7-3-4-10-21(17)26-16-19(24)14-23(15-20-9-6-12-25-20)13-18-8-5-11-22(18)2/h3-12,19,24H,13-16H2,1-2H3. The second kappa shape index (κ2) is 8.74. The first-order valence-corrected chi connectivity index (χ1v) is 8.83. The van der Waals surface area contributed by atoms with E-state index in [1.54, 1.807) is 6.26 Å². The molecule has 0 aliphatic carbocycles. The highest BCUT2D eigenvalue weighted by Gasteiger charge is 2.16. The van der Waals surface area contributed by atoms with Gasteiger partial charge in [0.15, 0.2) is 0 Å². The van der Waals surface area contributed by atoms with Crippen LogP contribution < -0.4 is 4.74 Å². The number of nitrogens with zero attached hydrogens (tertiary/aromatic N) is 2. The maximum absolute atomic E-state index is 10.5. The van der Waals surface area contributed by atoms with Crippen molar-refractivity contribution < 1.29 is 14.3 Å². The van der Waals surface area contributed by atoms with Crippen molar-refractivity contribution in [2.24, 2.45) is 7.05 Å². The van der Waals surface area contributed by atoms with Crippen LogP contribution in [-0.2, 0) is 20.1 Å². The summed E-state index contributed by atoms with van der Waals surface area (Å²) in [6, 6.07) is 15.8. The van der Waals surface area contributed by atoms with E-state index in [-0.39, 0.29) is 6.61 Å². The molecule has 0 amide bonds. The molecule has 26 heavy (non-hydrogen) atoms. The fourth-order valence-corrected chi connectivity index (χ4v) is 2.95. The first kappa shape index (κ1) is 18.3. The topological polar surface area (TPSA) is 50.8 Å². The average molecular weight is 354 g/mol. The van der Waals surface area contributed by atoms with Gasteiger partial charge in [-0.3, -0.25) is 4.90 Å². The molecule has 0 spiro atoms. The number of aryl methyl sites for hydroxylation is 2. The van der Waals surface area contributed by atoms with Crippen LogP contribution in [0.1, 0.15) is 17.0 Å². The smallest absolute Gasteiger partial charge is 0.122 e. The number of hydrogen-bond donors (Lipinski definition) is 1. The van der Waals surface area contributed by atoms with Gasteiger partial charge in [-0.15, -0.1) is 0 Å². The zero-order valence-electron chi connectivity index (χ0n) is 15.3. The van der Waals surface area contributed by atoms with Crippen LogP contribution in [0.3, 0.4) is 0 Å². The van der Waals surface area contributed by atoms with E-state index in [1.807, 2.05) is 62.6 Å².